The van der Waals surface area contributed by atoms with Crippen molar-refractivity contribution in [2.24, 2.45) is 5.92 Å². The number of nitrogens with zero attached hydrogens (tertiary/aromatic N) is 3. The van der Waals surface area contributed by atoms with Crippen LogP contribution >= 0.6 is 11.8 Å². The number of hydrogen-bond acceptors (Lipinski definition) is 3. The lowest BCUT2D eigenvalue weighted by molar-refractivity contribution is 0.251. The van der Waals surface area contributed by atoms with E-state index in [1.165, 1.54) is 0 Å². The molecule has 0 fully saturated rings. The van der Waals surface area contributed by atoms with Crippen LogP contribution in [0, 0.1) is 5.92 Å². The molecule has 2 heterocycles. The number of halogens is 3. The van der Waals surface area contributed by atoms with Gasteiger partial charge in [0.25, 0.3) is 5.76 Å². The molecule has 1 aliphatic carbocycles. The van der Waals surface area contributed by atoms with Gasteiger partial charge in [0.15, 0.2) is 0 Å². The summed E-state index contributed by atoms with van der Waals surface area (Å²) in [6.45, 7) is 3.75. The minimum atomic E-state index is -2.53. The smallest absolute Gasteiger partial charge is 0.245 e. The van der Waals surface area contributed by atoms with Crippen molar-refractivity contribution >= 4 is 11.8 Å². The van der Waals surface area contributed by atoms with Gasteiger partial charge in [-0.2, -0.15) is 8.78 Å². The zero-order valence-electron chi connectivity index (χ0n) is 11.8. The first-order chi connectivity index (χ1) is 9.95. The molecular formula is C14H16F3N3S. The van der Waals surface area contributed by atoms with Gasteiger partial charge in [0.05, 0.1) is 6.04 Å². The van der Waals surface area contributed by atoms with E-state index in [0.29, 0.717) is 17.3 Å². The number of thioether (sulfide) groups is 1. The molecule has 0 N–H and O–H groups in total. The zero-order valence-corrected chi connectivity index (χ0v) is 12.6. The van der Waals surface area contributed by atoms with E-state index >= 15 is 0 Å². The first kappa shape index (κ1) is 14.7. The molecule has 1 aromatic rings. The summed E-state index contributed by atoms with van der Waals surface area (Å²) in [5, 5.41) is 4.30. The number of aromatic nitrogens is 3. The molecular weight excluding hydrogens is 299 g/mol. The average molecular weight is 315 g/mol. The molecule has 0 saturated heterocycles. The second kappa shape index (κ2) is 5.51. The van der Waals surface area contributed by atoms with Crippen LogP contribution in [0.25, 0.3) is 0 Å². The molecule has 0 radical (unpaired) electrons. The summed E-state index contributed by atoms with van der Waals surface area (Å²) in [6, 6.07) is -0.00961. The van der Waals surface area contributed by atoms with E-state index in [4.69, 9.17) is 0 Å². The SMILES string of the molecule is CC1=CCC([C@@H]2C[C@H](C)c3nc(SC(F)F)nn32)C=C1F. The topological polar surface area (TPSA) is 30.7 Å². The van der Waals surface area contributed by atoms with E-state index in [1.54, 1.807) is 17.7 Å². The van der Waals surface area contributed by atoms with Crippen molar-refractivity contribution in [3.05, 3.63) is 29.4 Å². The van der Waals surface area contributed by atoms with Crippen LogP contribution in [0.2, 0.25) is 0 Å². The second-order valence-electron chi connectivity index (χ2n) is 5.58. The summed E-state index contributed by atoms with van der Waals surface area (Å²) in [5.41, 5.74) is 0.657. The van der Waals surface area contributed by atoms with Crippen molar-refractivity contribution in [1.29, 1.82) is 0 Å². The van der Waals surface area contributed by atoms with Gasteiger partial charge in [-0.25, -0.2) is 14.1 Å². The van der Waals surface area contributed by atoms with Crippen LogP contribution < -0.4 is 0 Å². The fourth-order valence-corrected chi connectivity index (χ4v) is 3.45. The standard InChI is InChI=1S/C14H16F3N3S/c1-7-3-4-9(6-10(7)15)11-5-8(2)12-18-14(19-20(11)12)21-13(16)17/h3,6,8-9,11,13H,4-5H2,1-2H3/t8-,9?,11-/m0/s1. The summed E-state index contributed by atoms with van der Waals surface area (Å²) < 4.78 is 40.4. The lowest BCUT2D eigenvalue weighted by atomic mass is 9.87. The Morgan fingerprint density at radius 2 is 2.19 bits per heavy atom. The maximum Gasteiger partial charge on any atom is 0.291 e. The third-order valence-corrected chi connectivity index (χ3v) is 4.67. The van der Waals surface area contributed by atoms with E-state index in [0.717, 1.165) is 18.7 Å². The summed E-state index contributed by atoms with van der Waals surface area (Å²) >= 11 is 0.357. The highest BCUT2D eigenvalue weighted by Crippen LogP contribution is 2.43. The number of alkyl halides is 2. The minimum absolute atomic E-state index is 0.00324. The van der Waals surface area contributed by atoms with Gasteiger partial charge in [-0.1, -0.05) is 13.0 Å². The Labute approximate surface area is 125 Å². The monoisotopic (exact) mass is 315 g/mol. The van der Waals surface area contributed by atoms with Gasteiger partial charge < -0.3 is 0 Å². The van der Waals surface area contributed by atoms with Crippen molar-refractivity contribution < 1.29 is 13.2 Å². The maximum atomic E-state index is 13.8. The van der Waals surface area contributed by atoms with Crippen LogP contribution in [0.5, 0.6) is 0 Å². The number of fused-ring (bicyclic) bond motifs is 1. The highest BCUT2D eigenvalue weighted by Gasteiger charge is 2.36. The van der Waals surface area contributed by atoms with Gasteiger partial charge in [-0.3, -0.25) is 0 Å². The molecule has 114 valence electrons. The molecule has 0 bridgehead atoms. The van der Waals surface area contributed by atoms with Crippen molar-refractivity contribution in [2.45, 2.75) is 49.6 Å². The lowest BCUT2D eigenvalue weighted by Crippen LogP contribution is -2.17. The molecule has 2 aliphatic rings. The first-order valence-electron chi connectivity index (χ1n) is 6.91. The van der Waals surface area contributed by atoms with Crippen LogP contribution in [0.15, 0.2) is 28.7 Å². The largest absolute Gasteiger partial charge is 0.291 e. The predicted molar refractivity (Wildman–Crippen MR) is 75.0 cm³/mol. The third kappa shape index (κ3) is 2.75. The van der Waals surface area contributed by atoms with Gasteiger partial charge in [0.2, 0.25) is 5.16 Å². The van der Waals surface area contributed by atoms with Crippen molar-refractivity contribution in [3.8, 4) is 0 Å². The summed E-state index contributed by atoms with van der Waals surface area (Å²) in [7, 11) is 0. The van der Waals surface area contributed by atoms with Gasteiger partial charge in [-0.15, -0.1) is 5.10 Å². The zero-order chi connectivity index (χ0) is 15.1. The van der Waals surface area contributed by atoms with Crippen LogP contribution in [-0.4, -0.2) is 20.5 Å². The fraction of sp³-hybridized carbons (Fsp3) is 0.571. The van der Waals surface area contributed by atoms with E-state index < -0.39 is 5.76 Å². The summed E-state index contributed by atoms with van der Waals surface area (Å²) in [4.78, 5) is 4.20. The van der Waals surface area contributed by atoms with E-state index in [9.17, 15) is 13.2 Å². The molecule has 1 unspecified atom stereocenters. The Balaban J connectivity index is 1.86. The van der Waals surface area contributed by atoms with E-state index in [2.05, 4.69) is 10.1 Å². The predicted octanol–water partition coefficient (Wildman–Crippen LogP) is 4.46. The summed E-state index contributed by atoms with van der Waals surface area (Å²) in [5.74, 6) is -1.85. The summed E-state index contributed by atoms with van der Waals surface area (Å²) in [6.07, 6.45) is 5.07. The molecule has 1 aliphatic heterocycles. The highest BCUT2D eigenvalue weighted by molar-refractivity contribution is 7.99. The van der Waals surface area contributed by atoms with Gasteiger partial charge in [0.1, 0.15) is 11.7 Å². The van der Waals surface area contributed by atoms with Crippen molar-refractivity contribution in [1.82, 2.24) is 14.8 Å². The molecule has 0 amide bonds. The molecule has 21 heavy (non-hydrogen) atoms. The quantitative estimate of drug-likeness (QED) is 0.772. The fourth-order valence-electron chi connectivity index (χ4n) is 3.01. The Morgan fingerprint density at radius 3 is 2.86 bits per heavy atom. The molecule has 3 atom stereocenters. The second-order valence-corrected chi connectivity index (χ2v) is 6.54. The lowest BCUT2D eigenvalue weighted by Gasteiger charge is -2.23. The van der Waals surface area contributed by atoms with Crippen molar-refractivity contribution in [2.75, 3.05) is 0 Å². The van der Waals surface area contributed by atoms with Crippen LogP contribution in [0.3, 0.4) is 0 Å². The Bertz CT molecular complexity index is 609. The van der Waals surface area contributed by atoms with E-state index in [1.807, 2.05) is 13.0 Å². The van der Waals surface area contributed by atoms with Gasteiger partial charge in [0, 0.05) is 11.8 Å². The van der Waals surface area contributed by atoms with Gasteiger partial charge >= 0.3 is 0 Å². The van der Waals surface area contributed by atoms with Gasteiger partial charge in [-0.05, 0) is 43.2 Å². The molecule has 7 heteroatoms. The molecule has 0 aromatic carbocycles. The number of rotatable bonds is 3. The molecule has 0 saturated carbocycles. The van der Waals surface area contributed by atoms with Crippen LogP contribution in [-0.2, 0) is 0 Å². The van der Waals surface area contributed by atoms with Crippen molar-refractivity contribution in [3.63, 3.8) is 0 Å². The highest BCUT2D eigenvalue weighted by atomic mass is 32.2. The normalized spacial score (nSPS) is 28.6. The molecule has 1 aromatic heterocycles. The van der Waals surface area contributed by atoms with Crippen LogP contribution in [0.1, 0.15) is 44.5 Å². The first-order valence-corrected chi connectivity index (χ1v) is 7.79. The minimum Gasteiger partial charge on any atom is -0.245 e. The maximum absolute atomic E-state index is 13.8. The molecule has 3 nitrogen and oxygen atoms in total. The number of allylic oxidation sites excluding steroid dienone is 4. The third-order valence-electron chi connectivity index (χ3n) is 4.11. The molecule has 0 spiro atoms. The Morgan fingerprint density at radius 1 is 1.43 bits per heavy atom. The Hall–Kier alpha value is -1.24. The number of hydrogen-bond donors (Lipinski definition) is 0. The van der Waals surface area contributed by atoms with E-state index in [-0.39, 0.29) is 28.9 Å². The Kier molecular flexibility index (Phi) is 3.86. The average Bonchev–Trinajstić information content (AvgIpc) is 2.93. The van der Waals surface area contributed by atoms with Crippen LogP contribution in [0.4, 0.5) is 13.2 Å². The molecule has 3 rings (SSSR count).